The van der Waals surface area contributed by atoms with Crippen molar-refractivity contribution in [3.8, 4) is 0 Å². The van der Waals surface area contributed by atoms with Gasteiger partial charge in [0, 0.05) is 25.1 Å². The molecule has 6 nitrogen and oxygen atoms in total. The van der Waals surface area contributed by atoms with Crippen molar-refractivity contribution >= 4 is 17.3 Å². The zero-order valence-electron chi connectivity index (χ0n) is 9.11. The summed E-state index contributed by atoms with van der Waals surface area (Å²) < 4.78 is 1.65. The maximum atomic E-state index is 11.8. The molecule has 2 aromatic rings. The number of amides is 1. The molecule has 0 saturated heterocycles. The van der Waals surface area contributed by atoms with Crippen molar-refractivity contribution in [2.75, 3.05) is 11.1 Å². The summed E-state index contributed by atoms with van der Waals surface area (Å²) in [5.41, 5.74) is 7.95. The molecule has 6 heteroatoms. The van der Waals surface area contributed by atoms with E-state index in [-0.39, 0.29) is 5.91 Å². The van der Waals surface area contributed by atoms with Crippen molar-refractivity contribution < 1.29 is 4.79 Å². The van der Waals surface area contributed by atoms with Gasteiger partial charge in [-0.05, 0) is 13.0 Å². The fourth-order valence-electron chi connectivity index (χ4n) is 1.45. The van der Waals surface area contributed by atoms with E-state index in [1.54, 1.807) is 30.2 Å². The Balaban J connectivity index is 2.16. The largest absolute Gasteiger partial charge is 0.397 e. The maximum absolute atomic E-state index is 11.8. The van der Waals surface area contributed by atoms with Crippen molar-refractivity contribution in [1.29, 1.82) is 0 Å². The molecule has 16 heavy (non-hydrogen) atoms. The Kier molecular flexibility index (Phi) is 2.40. The van der Waals surface area contributed by atoms with Gasteiger partial charge >= 0.3 is 0 Å². The second kappa shape index (κ2) is 3.73. The molecule has 2 heterocycles. The number of anilines is 2. The minimum atomic E-state index is -0.229. The van der Waals surface area contributed by atoms with E-state index >= 15 is 0 Å². The van der Waals surface area contributed by atoms with Gasteiger partial charge in [0.05, 0.1) is 11.4 Å². The van der Waals surface area contributed by atoms with E-state index in [2.05, 4.69) is 15.4 Å². The van der Waals surface area contributed by atoms with E-state index in [1.807, 2.05) is 6.92 Å². The third-order valence-corrected chi connectivity index (χ3v) is 2.21. The monoisotopic (exact) mass is 219 g/mol. The van der Waals surface area contributed by atoms with Crippen LogP contribution in [0.2, 0.25) is 0 Å². The molecular formula is C10H13N5O. The molecule has 2 rings (SSSR count). The Morgan fingerprint density at radius 2 is 2.38 bits per heavy atom. The number of nitrogen functional groups attached to an aromatic ring is 1. The number of H-pyrrole nitrogens is 1. The van der Waals surface area contributed by atoms with Crippen molar-refractivity contribution in [2.45, 2.75) is 6.92 Å². The summed E-state index contributed by atoms with van der Waals surface area (Å²) in [4.78, 5) is 14.5. The summed E-state index contributed by atoms with van der Waals surface area (Å²) in [6, 6.07) is 1.58. The number of nitrogens with one attached hydrogen (secondary N) is 2. The van der Waals surface area contributed by atoms with Crippen LogP contribution in [0.3, 0.4) is 0 Å². The number of aromatic nitrogens is 3. The molecule has 4 N–H and O–H groups in total. The summed E-state index contributed by atoms with van der Waals surface area (Å²) in [6.07, 6.45) is 3.32. The molecule has 0 spiro atoms. The SMILES string of the molecule is Cc1nn(C)cc1NC(=O)c1cc(N)c[nH]1. The molecule has 0 aliphatic rings. The molecule has 0 saturated carbocycles. The highest BCUT2D eigenvalue weighted by molar-refractivity contribution is 6.03. The number of carbonyl (C=O) groups excluding carboxylic acids is 1. The highest BCUT2D eigenvalue weighted by atomic mass is 16.1. The standard InChI is InChI=1S/C10H13N5O/c1-6-9(5-15(2)14-6)13-10(16)8-3-7(11)4-12-8/h3-5,12H,11H2,1-2H3,(H,13,16). The van der Waals surface area contributed by atoms with Gasteiger partial charge in [0.1, 0.15) is 5.69 Å². The molecule has 0 unspecified atom stereocenters. The molecule has 0 radical (unpaired) electrons. The van der Waals surface area contributed by atoms with Gasteiger partial charge in [-0.1, -0.05) is 0 Å². The lowest BCUT2D eigenvalue weighted by Gasteiger charge is -2.00. The number of hydrogen-bond donors (Lipinski definition) is 3. The van der Waals surface area contributed by atoms with Crippen molar-refractivity contribution in [2.24, 2.45) is 7.05 Å². The molecule has 84 valence electrons. The van der Waals surface area contributed by atoms with Gasteiger partial charge in [-0.3, -0.25) is 9.48 Å². The lowest BCUT2D eigenvalue weighted by Crippen LogP contribution is -2.12. The summed E-state index contributed by atoms with van der Waals surface area (Å²) in [6.45, 7) is 1.83. The van der Waals surface area contributed by atoms with Crippen LogP contribution in [0.4, 0.5) is 11.4 Å². The van der Waals surface area contributed by atoms with Crippen molar-refractivity contribution in [3.63, 3.8) is 0 Å². The second-order valence-corrected chi connectivity index (χ2v) is 3.60. The smallest absolute Gasteiger partial charge is 0.272 e. The number of aryl methyl sites for hydroxylation is 2. The molecule has 0 atom stereocenters. The van der Waals surface area contributed by atoms with Crippen LogP contribution < -0.4 is 11.1 Å². The second-order valence-electron chi connectivity index (χ2n) is 3.60. The topological polar surface area (TPSA) is 88.7 Å². The van der Waals surface area contributed by atoms with Gasteiger partial charge in [0.15, 0.2) is 0 Å². The van der Waals surface area contributed by atoms with Crippen molar-refractivity contribution in [3.05, 3.63) is 29.8 Å². The van der Waals surface area contributed by atoms with Gasteiger partial charge in [0.25, 0.3) is 5.91 Å². The van der Waals surface area contributed by atoms with E-state index in [0.29, 0.717) is 17.1 Å². The number of hydrogen-bond acceptors (Lipinski definition) is 3. The number of aromatic amines is 1. The van der Waals surface area contributed by atoms with Crippen LogP contribution in [0, 0.1) is 6.92 Å². The van der Waals surface area contributed by atoms with E-state index in [0.717, 1.165) is 5.69 Å². The number of carbonyl (C=O) groups is 1. The summed E-state index contributed by atoms with van der Waals surface area (Å²) in [5, 5.41) is 6.88. The third kappa shape index (κ3) is 1.90. The molecule has 0 bridgehead atoms. The molecule has 0 aliphatic carbocycles. The number of nitrogens with two attached hydrogens (primary N) is 1. The van der Waals surface area contributed by atoms with Gasteiger partial charge in [-0.25, -0.2) is 0 Å². The van der Waals surface area contributed by atoms with E-state index in [4.69, 9.17) is 5.73 Å². The highest BCUT2D eigenvalue weighted by Crippen LogP contribution is 2.13. The molecule has 0 aliphatic heterocycles. The van der Waals surface area contributed by atoms with Crippen LogP contribution in [-0.2, 0) is 7.05 Å². The lowest BCUT2D eigenvalue weighted by atomic mass is 10.3. The molecule has 1 amide bonds. The predicted octanol–water partition coefficient (Wildman–Crippen LogP) is 0.891. The van der Waals surface area contributed by atoms with Crippen molar-refractivity contribution in [1.82, 2.24) is 14.8 Å². The third-order valence-electron chi connectivity index (χ3n) is 2.21. The quantitative estimate of drug-likeness (QED) is 0.700. The van der Waals surface area contributed by atoms with Gasteiger partial charge in [-0.2, -0.15) is 5.10 Å². The first-order valence-electron chi connectivity index (χ1n) is 4.82. The number of nitrogens with zero attached hydrogens (tertiary/aromatic N) is 2. The summed E-state index contributed by atoms with van der Waals surface area (Å²) in [5.74, 6) is -0.229. The first-order chi connectivity index (χ1) is 7.56. The zero-order valence-corrected chi connectivity index (χ0v) is 9.11. The molecule has 0 aromatic carbocycles. The fourth-order valence-corrected chi connectivity index (χ4v) is 1.45. The zero-order chi connectivity index (χ0) is 11.7. The normalized spacial score (nSPS) is 10.4. The average molecular weight is 219 g/mol. The summed E-state index contributed by atoms with van der Waals surface area (Å²) >= 11 is 0. The Labute approximate surface area is 92.5 Å². The predicted molar refractivity (Wildman–Crippen MR) is 61.1 cm³/mol. The van der Waals surface area contributed by atoms with Crippen LogP contribution in [0.25, 0.3) is 0 Å². The Morgan fingerprint density at radius 3 is 2.88 bits per heavy atom. The van der Waals surface area contributed by atoms with Gasteiger partial charge in [-0.15, -0.1) is 0 Å². The van der Waals surface area contributed by atoms with Crippen LogP contribution in [-0.4, -0.2) is 20.7 Å². The fraction of sp³-hybridized carbons (Fsp3) is 0.200. The van der Waals surface area contributed by atoms with Crippen LogP contribution in [0.5, 0.6) is 0 Å². The van der Waals surface area contributed by atoms with Crippen LogP contribution in [0.1, 0.15) is 16.2 Å². The van der Waals surface area contributed by atoms with Crippen LogP contribution in [0.15, 0.2) is 18.5 Å². The minimum absolute atomic E-state index is 0.229. The van der Waals surface area contributed by atoms with Gasteiger partial charge < -0.3 is 16.0 Å². The molecule has 2 aromatic heterocycles. The Bertz CT molecular complexity index is 525. The van der Waals surface area contributed by atoms with E-state index in [1.165, 1.54) is 0 Å². The number of rotatable bonds is 2. The Hall–Kier alpha value is -2.24. The van der Waals surface area contributed by atoms with Gasteiger partial charge in [0.2, 0.25) is 0 Å². The van der Waals surface area contributed by atoms with E-state index in [9.17, 15) is 4.79 Å². The summed E-state index contributed by atoms with van der Waals surface area (Å²) in [7, 11) is 1.80. The molecule has 0 fully saturated rings. The minimum Gasteiger partial charge on any atom is -0.397 e. The average Bonchev–Trinajstić information content (AvgIpc) is 2.74. The lowest BCUT2D eigenvalue weighted by molar-refractivity contribution is 0.102. The maximum Gasteiger partial charge on any atom is 0.272 e. The Morgan fingerprint density at radius 1 is 1.62 bits per heavy atom. The first kappa shape index (κ1) is 10.3. The van der Waals surface area contributed by atoms with Crippen LogP contribution >= 0.6 is 0 Å². The highest BCUT2D eigenvalue weighted by Gasteiger charge is 2.11. The molecular weight excluding hydrogens is 206 g/mol. The first-order valence-corrected chi connectivity index (χ1v) is 4.82. The van der Waals surface area contributed by atoms with E-state index < -0.39 is 0 Å².